The van der Waals surface area contributed by atoms with E-state index in [2.05, 4.69) is 4.57 Å². The van der Waals surface area contributed by atoms with Gasteiger partial charge >= 0.3 is 5.97 Å². The molecule has 0 fully saturated rings. The number of benzene rings is 1. The van der Waals surface area contributed by atoms with E-state index in [1.807, 2.05) is 45.0 Å². The summed E-state index contributed by atoms with van der Waals surface area (Å²) >= 11 is 0. The van der Waals surface area contributed by atoms with Gasteiger partial charge in [0.25, 0.3) is 5.56 Å². The number of aromatic nitrogens is 3. The van der Waals surface area contributed by atoms with Crippen LogP contribution in [-0.4, -0.2) is 25.2 Å². The van der Waals surface area contributed by atoms with Crippen LogP contribution in [0.5, 0.6) is 0 Å². The molecule has 0 saturated carbocycles. The molecule has 0 aliphatic carbocycles. The summed E-state index contributed by atoms with van der Waals surface area (Å²) in [4.78, 5) is 31.1. The first-order valence-corrected chi connectivity index (χ1v) is 11.4. The van der Waals surface area contributed by atoms with Crippen LogP contribution in [0.4, 0.5) is 0 Å². The van der Waals surface area contributed by atoms with Gasteiger partial charge in [-0.05, 0) is 38.2 Å². The highest BCUT2D eigenvalue weighted by Crippen LogP contribution is 2.37. The third-order valence-corrected chi connectivity index (χ3v) is 6.31. The second-order valence-corrected chi connectivity index (χ2v) is 8.60. The van der Waals surface area contributed by atoms with Crippen LogP contribution in [0.25, 0.3) is 22.3 Å². The van der Waals surface area contributed by atoms with Gasteiger partial charge < -0.3 is 9.67 Å². The predicted octanol–water partition coefficient (Wildman–Crippen LogP) is 4.89. The van der Waals surface area contributed by atoms with Gasteiger partial charge in [-0.3, -0.25) is 14.2 Å². The zero-order valence-electron chi connectivity index (χ0n) is 18.6. The van der Waals surface area contributed by atoms with Crippen molar-refractivity contribution in [2.45, 2.75) is 78.3 Å². The minimum Gasteiger partial charge on any atom is -0.481 e. The van der Waals surface area contributed by atoms with Crippen LogP contribution in [0.1, 0.15) is 68.8 Å². The monoisotopic (exact) mass is 421 g/mol. The molecule has 3 heterocycles. The molecule has 1 atom stereocenters. The highest BCUT2D eigenvalue weighted by atomic mass is 16.4. The number of hydrogen-bond acceptors (Lipinski definition) is 3. The summed E-state index contributed by atoms with van der Waals surface area (Å²) in [5.41, 5.74) is 4.59. The maximum absolute atomic E-state index is 13.8. The fourth-order valence-electron chi connectivity index (χ4n) is 4.83. The molecular weight excluding hydrogens is 390 g/mol. The Kier molecular flexibility index (Phi) is 5.99. The number of nitrogens with zero attached hydrogens (tertiary/aromatic N) is 3. The number of carbonyl (C=O) groups is 1. The quantitative estimate of drug-likeness (QED) is 0.589. The molecule has 0 saturated heterocycles. The van der Waals surface area contributed by atoms with E-state index in [4.69, 9.17) is 4.98 Å². The van der Waals surface area contributed by atoms with Gasteiger partial charge in [0.2, 0.25) is 0 Å². The van der Waals surface area contributed by atoms with Crippen LogP contribution >= 0.6 is 0 Å². The topological polar surface area (TPSA) is 77.1 Å². The number of aryl methyl sites for hydroxylation is 4. The Morgan fingerprint density at radius 2 is 1.90 bits per heavy atom. The summed E-state index contributed by atoms with van der Waals surface area (Å²) in [5, 5.41) is 10.1. The summed E-state index contributed by atoms with van der Waals surface area (Å²) in [6.07, 6.45) is 4.94. The molecule has 0 bridgehead atoms. The summed E-state index contributed by atoms with van der Waals surface area (Å²) in [7, 11) is 0. The maximum atomic E-state index is 13.8. The lowest BCUT2D eigenvalue weighted by Gasteiger charge is -2.22. The average molecular weight is 422 g/mol. The molecule has 4 rings (SSSR count). The third kappa shape index (κ3) is 3.68. The van der Waals surface area contributed by atoms with Crippen molar-refractivity contribution in [2.75, 3.05) is 0 Å². The third-order valence-electron chi connectivity index (χ3n) is 6.31. The lowest BCUT2D eigenvalue weighted by atomic mass is 9.87. The first-order valence-electron chi connectivity index (χ1n) is 11.4. The van der Waals surface area contributed by atoms with E-state index in [-0.39, 0.29) is 5.56 Å². The van der Waals surface area contributed by atoms with Crippen molar-refractivity contribution in [1.29, 1.82) is 0 Å². The van der Waals surface area contributed by atoms with E-state index >= 15 is 0 Å². The van der Waals surface area contributed by atoms with Gasteiger partial charge in [-0.1, -0.05) is 50.1 Å². The highest BCUT2D eigenvalue weighted by molar-refractivity contribution is 5.95. The van der Waals surface area contributed by atoms with E-state index < -0.39 is 11.9 Å². The Labute approximate surface area is 182 Å². The van der Waals surface area contributed by atoms with Gasteiger partial charge in [-0.15, -0.1) is 0 Å². The Morgan fingerprint density at radius 3 is 2.55 bits per heavy atom. The van der Waals surface area contributed by atoms with Crippen LogP contribution < -0.4 is 5.56 Å². The number of carboxylic acids is 1. The SMILES string of the molecule is CCCC(C(=O)O)c1c(-c2ccc(C)cc2)c2c(nc3n2CCCC3)n(CCC)c1=O. The Hall–Kier alpha value is -2.89. The van der Waals surface area contributed by atoms with E-state index in [0.29, 0.717) is 30.6 Å². The second kappa shape index (κ2) is 8.69. The lowest BCUT2D eigenvalue weighted by Crippen LogP contribution is -2.30. The second-order valence-electron chi connectivity index (χ2n) is 8.60. The highest BCUT2D eigenvalue weighted by Gasteiger charge is 2.32. The van der Waals surface area contributed by atoms with Crippen molar-refractivity contribution in [3.8, 4) is 11.1 Å². The maximum Gasteiger partial charge on any atom is 0.311 e. The number of rotatable bonds is 7. The van der Waals surface area contributed by atoms with E-state index in [9.17, 15) is 14.7 Å². The Morgan fingerprint density at radius 1 is 1.16 bits per heavy atom. The van der Waals surface area contributed by atoms with Gasteiger partial charge in [0.05, 0.1) is 11.4 Å². The molecule has 0 radical (unpaired) electrons. The summed E-state index contributed by atoms with van der Waals surface area (Å²) in [6.45, 7) is 7.40. The fraction of sp³-hybridized carbons (Fsp3) is 0.480. The number of fused-ring (bicyclic) bond motifs is 3. The van der Waals surface area contributed by atoms with Crippen molar-refractivity contribution in [3.63, 3.8) is 0 Å². The van der Waals surface area contributed by atoms with Crippen molar-refractivity contribution >= 4 is 17.1 Å². The van der Waals surface area contributed by atoms with Gasteiger partial charge in [0, 0.05) is 30.6 Å². The van der Waals surface area contributed by atoms with Gasteiger partial charge in [-0.25, -0.2) is 4.98 Å². The molecule has 1 N–H and O–H groups in total. The molecule has 0 spiro atoms. The smallest absolute Gasteiger partial charge is 0.311 e. The minimum atomic E-state index is -0.937. The molecule has 6 nitrogen and oxygen atoms in total. The number of aliphatic carboxylic acids is 1. The van der Waals surface area contributed by atoms with Crippen LogP contribution in [-0.2, 0) is 24.3 Å². The van der Waals surface area contributed by atoms with Crippen LogP contribution in [0, 0.1) is 6.92 Å². The van der Waals surface area contributed by atoms with Crippen LogP contribution in [0.3, 0.4) is 0 Å². The molecule has 1 aliphatic rings. The van der Waals surface area contributed by atoms with E-state index in [0.717, 1.165) is 60.3 Å². The van der Waals surface area contributed by atoms with Crippen molar-refractivity contribution in [1.82, 2.24) is 14.1 Å². The number of hydrogen-bond donors (Lipinski definition) is 1. The fourth-order valence-corrected chi connectivity index (χ4v) is 4.83. The first kappa shape index (κ1) is 21.3. The molecule has 3 aromatic rings. The number of imidazole rings is 1. The molecule has 2 aromatic heterocycles. The largest absolute Gasteiger partial charge is 0.481 e. The van der Waals surface area contributed by atoms with Crippen LogP contribution in [0.2, 0.25) is 0 Å². The Balaban J connectivity index is 2.18. The normalized spacial score (nSPS) is 14.5. The molecule has 0 amide bonds. The zero-order chi connectivity index (χ0) is 22.1. The van der Waals surface area contributed by atoms with Gasteiger partial charge in [-0.2, -0.15) is 0 Å². The standard InChI is InChI=1S/C25H31N3O3/c1-4-8-18(25(30)31)21-20(17-12-10-16(3)11-13-17)22-23(28(14-5-2)24(21)29)26-19-9-6-7-15-27(19)22/h10-13,18H,4-9,14-15H2,1-3H3,(H,30,31). The average Bonchev–Trinajstić information content (AvgIpc) is 3.14. The summed E-state index contributed by atoms with van der Waals surface area (Å²) in [5.74, 6) is -0.775. The summed E-state index contributed by atoms with van der Waals surface area (Å²) < 4.78 is 3.95. The molecule has 1 aromatic carbocycles. The molecule has 31 heavy (non-hydrogen) atoms. The van der Waals surface area contributed by atoms with Crippen molar-refractivity contribution < 1.29 is 9.90 Å². The predicted molar refractivity (Wildman–Crippen MR) is 123 cm³/mol. The lowest BCUT2D eigenvalue weighted by molar-refractivity contribution is -0.139. The molecule has 1 aliphatic heterocycles. The number of pyridine rings is 1. The Bertz CT molecular complexity index is 1170. The first-order chi connectivity index (χ1) is 15.0. The molecule has 6 heteroatoms. The van der Waals surface area contributed by atoms with Gasteiger partial charge in [0.1, 0.15) is 5.82 Å². The molecule has 164 valence electrons. The van der Waals surface area contributed by atoms with Crippen LogP contribution in [0.15, 0.2) is 29.1 Å². The van der Waals surface area contributed by atoms with Crippen molar-refractivity contribution in [2.24, 2.45) is 0 Å². The summed E-state index contributed by atoms with van der Waals surface area (Å²) in [6, 6.07) is 8.05. The molecular formula is C25H31N3O3. The van der Waals surface area contributed by atoms with E-state index in [1.54, 1.807) is 4.57 Å². The molecule has 1 unspecified atom stereocenters. The van der Waals surface area contributed by atoms with Gasteiger partial charge in [0.15, 0.2) is 5.65 Å². The zero-order valence-corrected chi connectivity index (χ0v) is 18.6. The van der Waals surface area contributed by atoms with Crippen molar-refractivity contribution in [3.05, 3.63) is 51.6 Å². The minimum absolute atomic E-state index is 0.207. The van der Waals surface area contributed by atoms with E-state index in [1.165, 1.54) is 0 Å². The number of carboxylic acid groups (broad SMARTS) is 1.